The second-order valence-electron chi connectivity index (χ2n) is 9.60. The first-order valence-corrected chi connectivity index (χ1v) is 12.4. The van der Waals surface area contributed by atoms with Crippen LogP contribution in [0.5, 0.6) is 23.0 Å². The number of hydrogen-bond acceptors (Lipinski definition) is 5. The molecule has 0 bridgehead atoms. The fraction of sp³-hybridized carbons (Fsp3) is 0.200. The highest BCUT2D eigenvalue weighted by Crippen LogP contribution is 2.57. The lowest BCUT2D eigenvalue weighted by atomic mass is 9.70. The van der Waals surface area contributed by atoms with Crippen molar-refractivity contribution in [3.8, 4) is 23.0 Å². The molecule has 1 aliphatic heterocycles. The predicted molar refractivity (Wildman–Crippen MR) is 141 cm³/mol. The van der Waals surface area contributed by atoms with Crippen molar-refractivity contribution < 1.29 is 40.6 Å². The number of nitrogen functional groups attached to an aromatic ring is 2. The number of alkyl halides is 6. The minimum atomic E-state index is -5.77. The van der Waals surface area contributed by atoms with E-state index in [0.29, 0.717) is 11.4 Å². The van der Waals surface area contributed by atoms with Gasteiger partial charge in [0.25, 0.3) is 0 Å². The standard InChI is InChI=1S/C30H24F6N2O3/c31-29(32,33)28(30(34,35)36,19-7-9-22(10-8-19)40-23-5-1-3-20(37)15-23)27-12-11-25(13-18(27)14-26-17-39-26)41-24-6-2-4-21(38)16-24/h1-13,15-16,26H,14,17,37-38H2. The van der Waals surface area contributed by atoms with E-state index in [1.165, 1.54) is 18.2 Å². The summed E-state index contributed by atoms with van der Waals surface area (Å²) in [7, 11) is 0. The minimum absolute atomic E-state index is 0.0371. The first-order chi connectivity index (χ1) is 19.4. The second-order valence-corrected chi connectivity index (χ2v) is 9.60. The average Bonchev–Trinajstić information content (AvgIpc) is 3.69. The van der Waals surface area contributed by atoms with Gasteiger partial charge in [0.05, 0.1) is 12.7 Å². The molecule has 11 heteroatoms. The van der Waals surface area contributed by atoms with Crippen LogP contribution in [-0.4, -0.2) is 25.1 Å². The van der Waals surface area contributed by atoms with E-state index in [4.69, 9.17) is 25.7 Å². The third-order valence-electron chi connectivity index (χ3n) is 6.66. The minimum Gasteiger partial charge on any atom is -0.457 e. The summed E-state index contributed by atoms with van der Waals surface area (Å²) in [4.78, 5) is 0. The van der Waals surface area contributed by atoms with Crippen LogP contribution in [0.4, 0.5) is 37.7 Å². The number of epoxide rings is 1. The fourth-order valence-electron chi connectivity index (χ4n) is 4.75. The van der Waals surface area contributed by atoms with Crippen molar-refractivity contribution in [2.45, 2.75) is 30.3 Å². The molecule has 41 heavy (non-hydrogen) atoms. The third-order valence-corrected chi connectivity index (χ3v) is 6.66. The molecule has 0 amide bonds. The maximum atomic E-state index is 14.9. The highest BCUT2D eigenvalue weighted by Gasteiger charge is 2.73. The molecule has 4 aromatic rings. The Morgan fingerprint density at radius 1 is 0.659 bits per heavy atom. The summed E-state index contributed by atoms with van der Waals surface area (Å²) in [5, 5.41) is 0. The van der Waals surface area contributed by atoms with Crippen molar-refractivity contribution in [1.82, 2.24) is 0 Å². The van der Waals surface area contributed by atoms with E-state index < -0.39 is 35.0 Å². The van der Waals surface area contributed by atoms with Crippen LogP contribution in [0.2, 0.25) is 0 Å². The van der Waals surface area contributed by atoms with Crippen LogP contribution in [-0.2, 0) is 16.6 Å². The second kappa shape index (κ2) is 10.5. The maximum absolute atomic E-state index is 14.9. The van der Waals surface area contributed by atoms with Gasteiger partial charge >= 0.3 is 12.4 Å². The highest BCUT2D eigenvalue weighted by atomic mass is 19.4. The molecule has 0 saturated carbocycles. The maximum Gasteiger partial charge on any atom is 0.411 e. The van der Waals surface area contributed by atoms with Crippen molar-refractivity contribution in [2.24, 2.45) is 0 Å². The molecule has 0 spiro atoms. The predicted octanol–water partition coefficient (Wildman–Crippen LogP) is 7.79. The Hall–Kier alpha value is -4.38. The van der Waals surface area contributed by atoms with Crippen molar-refractivity contribution >= 4 is 11.4 Å². The van der Waals surface area contributed by atoms with E-state index in [9.17, 15) is 26.3 Å². The van der Waals surface area contributed by atoms with E-state index in [1.807, 2.05) is 0 Å². The lowest BCUT2D eigenvalue weighted by molar-refractivity contribution is -0.288. The van der Waals surface area contributed by atoms with Crippen LogP contribution in [0.3, 0.4) is 0 Å². The highest BCUT2D eigenvalue weighted by molar-refractivity contribution is 5.53. The molecule has 214 valence electrons. The van der Waals surface area contributed by atoms with Gasteiger partial charge in [-0.25, -0.2) is 0 Å². The Morgan fingerprint density at radius 3 is 1.63 bits per heavy atom. The van der Waals surface area contributed by atoms with Crippen LogP contribution in [0.1, 0.15) is 16.7 Å². The number of anilines is 2. The summed E-state index contributed by atoms with van der Waals surface area (Å²) >= 11 is 0. The van der Waals surface area contributed by atoms with Crippen molar-refractivity contribution in [3.05, 3.63) is 108 Å². The molecular weight excluding hydrogens is 550 g/mol. The van der Waals surface area contributed by atoms with E-state index in [0.717, 1.165) is 36.4 Å². The lowest BCUT2D eigenvalue weighted by Gasteiger charge is -2.39. The van der Waals surface area contributed by atoms with Gasteiger partial charge in [-0.1, -0.05) is 30.3 Å². The van der Waals surface area contributed by atoms with Crippen LogP contribution >= 0.6 is 0 Å². The van der Waals surface area contributed by atoms with Gasteiger partial charge in [0.2, 0.25) is 5.41 Å². The zero-order valence-corrected chi connectivity index (χ0v) is 21.3. The summed E-state index contributed by atoms with van der Waals surface area (Å²) < 4.78 is 106. The molecule has 1 fully saturated rings. The molecular formula is C30H24F6N2O3. The van der Waals surface area contributed by atoms with Gasteiger partial charge in [-0.2, -0.15) is 26.3 Å². The van der Waals surface area contributed by atoms with E-state index in [1.54, 1.807) is 36.4 Å². The van der Waals surface area contributed by atoms with Gasteiger partial charge < -0.3 is 25.7 Å². The molecule has 5 nitrogen and oxygen atoms in total. The molecule has 0 aromatic heterocycles. The first-order valence-electron chi connectivity index (χ1n) is 12.4. The zero-order valence-electron chi connectivity index (χ0n) is 21.3. The number of benzene rings is 4. The summed E-state index contributed by atoms with van der Waals surface area (Å²) in [5.41, 5.74) is 5.69. The van der Waals surface area contributed by atoms with Crippen LogP contribution in [0.25, 0.3) is 0 Å². The van der Waals surface area contributed by atoms with Gasteiger partial charge in [0, 0.05) is 29.9 Å². The number of rotatable bonds is 8. The first kappa shape index (κ1) is 28.2. The smallest absolute Gasteiger partial charge is 0.411 e. The normalized spacial score (nSPS) is 15.4. The van der Waals surface area contributed by atoms with Crippen molar-refractivity contribution in [3.63, 3.8) is 0 Å². The van der Waals surface area contributed by atoms with Crippen LogP contribution < -0.4 is 20.9 Å². The Balaban J connectivity index is 1.61. The molecule has 1 aliphatic rings. The Kier molecular flexibility index (Phi) is 7.24. The molecule has 0 radical (unpaired) electrons. The molecule has 4 aromatic carbocycles. The Labute approximate surface area is 231 Å². The Bertz CT molecular complexity index is 1520. The summed E-state index contributed by atoms with van der Waals surface area (Å²) in [6, 6.07) is 19.3. The van der Waals surface area contributed by atoms with Gasteiger partial charge in [0.15, 0.2) is 0 Å². The van der Waals surface area contributed by atoms with Gasteiger partial charge in [0.1, 0.15) is 23.0 Å². The van der Waals surface area contributed by atoms with E-state index >= 15 is 0 Å². The summed E-state index contributed by atoms with van der Waals surface area (Å²) in [5.74, 6) is 0.646. The van der Waals surface area contributed by atoms with Crippen molar-refractivity contribution in [2.75, 3.05) is 18.1 Å². The monoisotopic (exact) mass is 574 g/mol. The third kappa shape index (κ3) is 5.76. The zero-order chi connectivity index (χ0) is 29.4. The number of hydrogen-bond donors (Lipinski definition) is 2. The molecule has 1 saturated heterocycles. The SMILES string of the molecule is Nc1cccc(Oc2ccc(C(c3ccc(Oc4cccc(N)c4)cc3CC3CO3)(C(F)(F)F)C(F)(F)F)cc2)c1. The van der Waals surface area contributed by atoms with Crippen molar-refractivity contribution in [1.29, 1.82) is 0 Å². The van der Waals surface area contributed by atoms with Crippen LogP contribution in [0, 0.1) is 0 Å². The fourth-order valence-corrected chi connectivity index (χ4v) is 4.75. The lowest BCUT2D eigenvalue weighted by Crippen LogP contribution is -2.55. The molecule has 1 unspecified atom stereocenters. The molecule has 1 atom stereocenters. The molecule has 1 heterocycles. The molecule has 5 rings (SSSR count). The topological polar surface area (TPSA) is 83.0 Å². The van der Waals surface area contributed by atoms with Crippen LogP contribution in [0.15, 0.2) is 91.0 Å². The van der Waals surface area contributed by atoms with Gasteiger partial charge in [-0.05, 0) is 65.2 Å². The summed E-state index contributed by atoms with van der Waals surface area (Å²) in [6.07, 6.45) is -12.2. The van der Waals surface area contributed by atoms with E-state index in [2.05, 4.69) is 0 Å². The molecule has 4 N–H and O–H groups in total. The number of halogens is 6. The van der Waals surface area contributed by atoms with Gasteiger partial charge in [-0.15, -0.1) is 0 Å². The van der Waals surface area contributed by atoms with Gasteiger partial charge in [-0.3, -0.25) is 0 Å². The number of nitrogens with two attached hydrogens (primary N) is 2. The summed E-state index contributed by atoms with van der Waals surface area (Å²) in [6.45, 7) is 0.223. The van der Waals surface area contributed by atoms with E-state index in [-0.39, 0.29) is 41.6 Å². The molecule has 0 aliphatic carbocycles. The number of ether oxygens (including phenoxy) is 3. The largest absolute Gasteiger partial charge is 0.457 e. The average molecular weight is 575 g/mol. The quantitative estimate of drug-likeness (QED) is 0.128. The Morgan fingerprint density at radius 2 is 1.15 bits per heavy atom.